The molecule has 0 aliphatic heterocycles. The Kier molecular flexibility index (Phi) is 2.57. The van der Waals surface area contributed by atoms with Crippen molar-refractivity contribution in [3.05, 3.63) is 48.5 Å². The minimum absolute atomic E-state index is 0.720. The number of rotatable bonds is 3. The van der Waals surface area contributed by atoms with E-state index in [-0.39, 0.29) is 0 Å². The second kappa shape index (κ2) is 4.37. The van der Waals surface area contributed by atoms with E-state index in [1.807, 2.05) is 24.4 Å². The van der Waals surface area contributed by atoms with Gasteiger partial charge in [0, 0.05) is 52.8 Å². The molecule has 0 aliphatic rings. The molecular weight excluding hydrogens is 226 g/mol. The first kappa shape index (κ1) is 10.6. The quantitative estimate of drug-likeness (QED) is 0.612. The van der Waals surface area contributed by atoms with Crippen LogP contribution in [0.5, 0.6) is 0 Å². The third-order valence-corrected chi connectivity index (χ3v) is 2.89. The van der Waals surface area contributed by atoms with Crippen LogP contribution >= 0.6 is 0 Å². The van der Waals surface area contributed by atoms with Crippen LogP contribution in [0.15, 0.2) is 43.0 Å². The van der Waals surface area contributed by atoms with Crippen molar-refractivity contribution in [1.82, 2.24) is 15.2 Å². The Morgan fingerprint density at radius 3 is 2.94 bits per heavy atom. The molecule has 5 heteroatoms. The van der Waals surface area contributed by atoms with E-state index in [0.717, 1.165) is 34.3 Å². The minimum Gasteiger partial charge on any atom is -0.398 e. The van der Waals surface area contributed by atoms with Crippen LogP contribution in [0.3, 0.4) is 0 Å². The van der Waals surface area contributed by atoms with Crippen LogP contribution < -0.4 is 11.1 Å². The van der Waals surface area contributed by atoms with Gasteiger partial charge in [-0.3, -0.25) is 10.1 Å². The summed E-state index contributed by atoms with van der Waals surface area (Å²) in [6.07, 6.45) is 7.22. The molecule has 0 bridgehead atoms. The molecule has 2 heterocycles. The number of nitrogens with zero attached hydrogens (tertiary/aromatic N) is 2. The Morgan fingerprint density at radius 1 is 1.17 bits per heavy atom. The van der Waals surface area contributed by atoms with Crippen LogP contribution in [-0.2, 0) is 6.54 Å². The molecule has 0 saturated carbocycles. The van der Waals surface area contributed by atoms with E-state index in [2.05, 4.69) is 20.5 Å². The summed E-state index contributed by atoms with van der Waals surface area (Å²) in [5, 5.41) is 12.1. The van der Waals surface area contributed by atoms with E-state index in [1.54, 1.807) is 18.6 Å². The number of anilines is 2. The van der Waals surface area contributed by atoms with E-state index in [0.29, 0.717) is 0 Å². The fourth-order valence-electron chi connectivity index (χ4n) is 1.94. The number of nitrogens with two attached hydrogens (primary N) is 1. The molecule has 4 N–H and O–H groups in total. The molecular formula is C13H13N5. The van der Waals surface area contributed by atoms with Crippen LogP contribution in [0, 0.1) is 0 Å². The molecule has 0 saturated heterocycles. The molecule has 3 aromatic rings. The second-order valence-electron chi connectivity index (χ2n) is 4.08. The van der Waals surface area contributed by atoms with Gasteiger partial charge in [-0.1, -0.05) is 0 Å². The van der Waals surface area contributed by atoms with E-state index in [1.165, 1.54) is 0 Å². The SMILES string of the molecule is Nc1ccc(NCc2cn[nH]c2)c2ccncc12. The van der Waals surface area contributed by atoms with Crippen molar-refractivity contribution < 1.29 is 0 Å². The Balaban J connectivity index is 1.94. The molecule has 0 atom stereocenters. The smallest absolute Gasteiger partial charge is 0.0537 e. The number of H-pyrrole nitrogens is 1. The summed E-state index contributed by atoms with van der Waals surface area (Å²) < 4.78 is 0. The van der Waals surface area contributed by atoms with E-state index >= 15 is 0 Å². The minimum atomic E-state index is 0.720. The highest BCUT2D eigenvalue weighted by atomic mass is 15.1. The number of nitrogens with one attached hydrogen (secondary N) is 2. The Morgan fingerprint density at radius 2 is 2.11 bits per heavy atom. The van der Waals surface area contributed by atoms with Gasteiger partial charge in [0.2, 0.25) is 0 Å². The van der Waals surface area contributed by atoms with Gasteiger partial charge in [0.25, 0.3) is 0 Å². The lowest BCUT2D eigenvalue weighted by molar-refractivity contribution is 1.09. The van der Waals surface area contributed by atoms with Gasteiger partial charge in [-0.2, -0.15) is 5.10 Å². The second-order valence-corrected chi connectivity index (χ2v) is 4.08. The third kappa shape index (κ3) is 1.86. The fourth-order valence-corrected chi connectivity index (χ4v) is 1.94. The zero-order valence-corrected chi connectivity index (χ0v) is 9.72. The summed E-state index contributed by atoms with van der Waals surface area (Å²) in [4.78, 5) is 4.10. The first-order chi connectivity index (χ1) is 8.84. The van der Waals surface area contributed by atoms with Crippen LogP contribution in [0.25, 0.3) is 10.8 Å². The van der Waals surface area contributed by atoms with Crippen molar-refractivity contribution >= 4 is 22.1 Å². The summed E-state index contributed by atoms with van der Waals surface area (Å²) >= 11 is 0. The first-order valence-electron chi connectivity index (χ1n) is 5.68. The zero-order chi connectivity index (χ0) is 12.4. The Hall–Kier alpha value is -2.56. The lowest BCUT2D eigenvalue weighted by Crippen LogP contribution is -2.00. The molecule has 0 aliphatic carbocycles. The van der Waals surface area contributed by atoms with Crippen LogP contribution in [0.1, 0.15) is 5.56 Å². The van der Waals surface area contributed by atoms with Crippen molar-refractivity contribution in [2.75, 3.05) is 11.1 Å². The Labute approximate surface area is 104 Å². The number of pyridine rings is 1. The van der Waals surface area contributed by atoms with Crippen molar-refractivity contribution in [1.29, 1.82) is 0 Å². The molecule has 1 aromatic carbocycles. The molecule has 3 rings (SSSR count). The molecule has 2 aromatic heterocycles. The lowest BCUT2D eigenvalue weighted by atomic mass is 10.1. The van der Waals surface area contributed by atoms with Crippen molar-refractivity contribution in [2.45, 2.75) is 6.54 Å². The maximum absolute atomic E-state index is 5.93. The van der Waals surface area contributed by atoms with Crippen molar-refractivity contribution in [3.8, 4) is 0 Å². The van der Waals surface area contributed by atoms with Gasteiger partial charge in [0.05, 0.1) is 6.20 Å². The van der Waals surface area contributed by atoms with E-state index in [4.69, 9.17) is 5.73 Å². The third-order valence-electron chi connectivity index (χ3n) is 2.89. The van der Waals surface area contributed by atoms with Crippen LogP contribution in [0.2, 0.25) is 0 Å². The highest BCUT2D eigenvalue weighted by Crippen LogP contribution is 2.27. The average Bonchev–Trinajstić information content (AvgIpc) is 2.92. The number of aromatic nitrogens is 3. The predicted molar refractivity (Wildman–Crippen MR) is 72.1 cm³/mol. The maximum atomic E-state index is 5.93. The number of benzene rings is 1. The molecule has 18 heavy (non-hydrogen) atoms. The topological polar surface area (TPSA) is 79.6 Å². The van der Waals surface area contributed by atoms with Crippen molar-refractivity contribution in [2.24, 2.45) is 0 Å². The number of hydrogen-bond acceptors (Lipinski definition) is 4. The van der Waals surface area contributed by atoms with Gasteiger partial charge in [-0.05, 0) is 18.2 Å². The van der Waals surface area contributed by atoms with E-state index < -0.39 is 0 Å². The predicted octanol–water partition coefficient (Wildman–Crippen LogP) is 2.15. The normalized spacial score (nSPS) is 10.7. The van der Waals surface area contributed by atoms with Gasteiger partial charge in [-0.15, -0.1) is 0 Å². The zero-order valence-electron chi connectivity index (χ0n) is 9.72. The van der Waals surface area contributed by atoms with Gasteiger partial charge >= 0.3 is 0 Å². The van der Waals surface area contributed by atoms with E-state index in [9.17, 15) is 0 Å². The average molecular weight is 239 g/mol. The van der Waals surface area contributed by atoms with Gasteiger partial charge < -0.3 is 11.1 Å². The van der Waals surface area contributed by atoms with Crippen molar-refractivity contribution in [3.63, 3.8) is 0 Å². The standard InChI is InChI=1S/C13H13N5/c14-12-1-2-13(10-3-4-15-8-11(10)12)16-5-9-6-17-18-7-9/h1-4,6-8,16H,5,14H2,(H,17,18). The Bertz CT molecular complexity index is 660. The first-order valence-corrected chi connectivity index (χ1v) is 5.68. The summed E-state index contributed by atoms with van der Waals surface area (Å²) in [5.74, 6) is 0. The van der Waals surface area contributed by atoms with Crippen LogP contribution in [0.4, 0.5) is 11.4 Å². The largest absolute Gasteiger partial charge is 0.398 e. The number of nitrogen functional groups attached to an aromatic ring is 1. The molecule has 0 spiro atoms. The molecule has 5 nitrogen and oxygen atoms in total. The number of fused-ring (bicyclic) bond motifs is 1. The summed E-state index contributed by atoms with van der Waals surface area (Å²) in [6, 6.07) is 5.84. The monoisotopic (exact) mass is 239 g/mol. The maximum Gasteiger partial charge on any atom is 0.0537 e. The van der Waals surface area contributed by atoms with Gasteiger partial charge in [0.1, 0.15) is 0 Å². The summed E-state index contributed by atoms with van der Waals surface area (Å²) in [7, 11) is 0. The number of hydrogen-bond donors (Lipinski definition) is 3. The molecule has 0 radical (unpaired) electrons. The summed E-state index contributed by atoms with van der Waals surface area (Å²) in [6.45, 7) is 0.720. The molecule has 90 valence electrons. The highest BCUT2D eigenvalue weighted by molar-refractivity contribution is 6.00. The van der Waals surface area contributed by atoms with Gasteiger partial charge in [-0.25, -0.2) is 0 Å². The fraction of sp³-hybridized carbons (Fsp3) is 0.0769. The number of aromatic amines is 1. The molecule has 0 fully saturated rings. The highest BCUT2D eigenvalue weighted by Gasteiger charge is 2.03. The lowest BCUT2D eigenvalue weighted by Gasteiger charge is -2.10. The molecule has 0 unspecified atom stereocenters. The van der Waals surface area contributed by atoms with Crippen LogP contribution in [-0.4, -0.2) is 15.2 Å². The van der Waals surface area contributed by atoms with Gasteiger partial charge in [0.15, 0.2) is 0 Å². The molecule has 0 amide bonds. The summed E-state index contributed by atoms with van der Waals surface area (Å²) in [5.41, 5.74) is 8.83.